The van der Waals surface area contributed by atoms with Crippen molar-refractivity contribution in [2.24, 2.45) is 0 Å². The summed E-state index contributed by atoms with van der Waals surface area (Å²) in [6.07, 6.45) is 0. The highest BCUT2D eigenvalue weighted by atomic mass is 32.2. The predicted octanol–water partition coefficient (Wildman–Crippen LogP) is 2.30. The first-order chi connectivity index (χ1) is 12.1. The monoisotopic (exact) mass is 380 g/mol. The molecule has 25 heavy (non-hydrogen) atoms. The van der Waals surface area contributed by atoms with Gasteiger partial charge in [0.2, 0.25) is 0 Å². The van der Waals surface area contributed by atoms with Crippen LogP contribution in [-0.4, -0.2) is 52.2 Å². The van der Waals surface area contributed by atoms with Crippen molar-refractivity contribution in [2.45, 2.75) is 10.1 Å². The van der Waals surface area contributed by atoms with Gasteiger partial charge in [0.15, 0.2) is 9.84 Å². The summed E-state index contributed by atoms with van der Waals surface area (Å²) in [4.78, 5) is 14.9. The second-order valence-electron chi connectivity index (χ2n) is 5.65. The van der Waals surface area contributed by atoms with E-state index in [9.17, 15) is 13.2 Å². The van der Waals surface area contributed by atoms with E-state index in [0.717, 1.165) is 0 Å². The van der Waals surface area contributed by atoms with Gasteiger partial charge < -0.3 is 15.0 Å². The van der Waals surface area contributed by atoms with Gasteiger partial charge in [-0.05, 0) is 23.6 Å². The number of carbonyl (C=O) groups excluding carboxylic acids is 1. The number of carbonyl (C=O) groups is 1. The van der Waals surface area contributed by atoms with Crippen molar-refractivity contribution in [1.29, 1.82) is 0 Å². The molecule has 1 fully saturated rings. The molecule has 2 aromatic rings. The third kappa shape index (κ3) is 4.20. The van der Waals surface area contributed by atoms with Crippen molar-refractivity contribution in [3.05, 3.63) is 52.7 Å². The summed E-state index contributed by atoms with van der Waals surface area (Å²) in [6, 6.07) is 11.7. The van der Waals surface area contributed by atoms with Crippen molar-refractivity contribution in [1.82, 2.24) is 10.2 Å². The first kappa shape index (κ1) is 17.9. The van der Waals surface area contributed by atoms with E-state index in [4.69, 9.17) is 4.74 Å². The van der Waals surface area contributed by atoms with Crippen LogP contribution in [0, 0.1) is 0 Å². The summed E-state index contributed by atoms with van der Waals surface area (Å²) in [5, 5.41) is 3.81. The average molecular weight is 380 g/mol. The number of amides is 2. The summed E-state index contributed by atoms with van der Waals surface area (Å²) in [5.41, 5.74) is 0. The van der Waals surface area contributed by atoms with Gasteiger partial charge in [0.1, 0.15) is 5.25 Å². The topological polar surface area (TPSA) is 75.7 Å². The van der Waals surface area contributed by atoms with E-state index in [1.165, 1.54) is 11.3 Å². The largest absolute Gasteiger partial charge is 0.378 e. The smallest absolute Gasteiger partial charge is 0.317 e. The van der Waals surface area contributed by atoms with Crippen LogP contribution in [0.3, 0.4) is 0 Å². The molecule has 134 valence electrons. The molecule has 1 aromatic carbocycles. The second kappa shape index (κ2) is 7.99. The molecule has 1 aromatic heterocycles. The number of nitrogens with zero attached hydrogens (tertiary/aromatic N) is 1. The number of morpholine rings is 1. The second-order valence-corrected chi connectivity index (χ2v) is 8.76. The fourth-order valence-corrected chi connectivity index (χ4v) is 5.48. The Kier molecular flexibility index (Phi) is 5.72. The van der Waals surface area contributed by atoms with Crippen molar-refractivity contribution < 1.29 is 17.9 Å². The zero-order valence-corrected chi connectivity index (χ0v) is 15.3. The summed E-state index contributed by atoms with van der Waals surface area (Å²) < 4.78 is 31.3. The minimum atomic E-state index is -3.60. The molecule has 0 radical (unpaired) electrons. The zero-order chi connectivity index (χ0) is 17.7. The van der Waals surface area contributed by atoms with Crippen LogP contribution in [0.15, 0.2) is 52.7 Å². The molecule has 8 heteroatoms. The first-order valence-corrected chi connectivity index (χ1v) is 10.4. The van der Waals surface area contributed by atoms with Crippen LogP contribution in [0.2, 0.25) is 0 Å². The summed E-state index contributed by atoms with van der Waals surface area (Å²) in [6.45, 7) is 2.07. The third-order valence-corrected chi connectivity index (χ3v) is 7.28. The molecule has 3 rings (SSSR count). The molecule has 1 unspecified atom stereocenters. The molecule has 1 aliphatic heterocycles. The molecule has 2 amide bonds. The molecule has 0 aliphatic carbocycles. The third-order valence-electron chi connectivity index (χ3n) is 4.04. The van der Waals surface area contributed by atoms with Crippen LogP contribution in [0.25, 0.3) is 0 Å². The van der Waals surface area contributed by atoms with Crippen molar-refractivity contribution >= 4 is 27.2 Å². The van der Waals surface area contributed by atoms with Gasteiger partial charge in [-0.25, -0.2) is 13.2 Å². The number of hydrogen-bond donors (Lipinski definition) is 1. The first-order valence-electron chi connectivity index (χ1n) is 8.02. The average Bonchev–Trinajstić information content (AvgIpc) is 3.17. The van der Waals surface area contributed by atoms with Crippen molar-refractivity contribution in [3.63, 3.8) is 0 Å². The standard InChI is InChI=1S/C17H20N2O4S2/c20-17(19-8-10-23-11-9-19)18-13-16(15-7-4-12-24-15)25(21,22)14-5-2-1-3-6-14/h1-7,12,16H,8-11,13H2,(H,18,20). The Morgan fingerprint density at radius 2 is 1.88 bits per heavy atom. The molecule has 0 saturated carbocycles. The predicted molar refractivity (Wildman–Crippen MR) is 96.5 cm³/mol. The quantitative estimate of drug-likeness (QED) is 0.864. The molecule has 1 N–H and O–H groups in total. The van der Waals surface area contributed by atoms with Crippen LogP contribution in [0.4, 0.5) is 4.79 Å². The van der Waals surface area contributed by atoms with Gasteiger partial charge in [0, 0.05) is 24.5 Å². The van der Waals surface area contributed by atoms with E-state index < -0.39 is 15.1 Å². The lowest BCUT2D eigenvalue weighted by Crippen LogP contribution is -2.47. The Balaban J connectivity index is 1.78. The molecule has 0 spiro atoms. The van der Waals surface area contributed by atoms with Crippen LogP contribution in [0.5, 0.6) is 0 Å². The highest BCUT2D eigenvalue weighted by molar-refractivity contribution is 7.91. The van der Waals surface area contributed by atoms with E-state index in [1.54, 1.807) is 41.3 Å². The number of nitrogens with one attached hydrogen (secondary N) is 1. The SMILES string of the molecule is O=C(NCC(c1cccs1)S(=O)(=O)c1ccccc1)N1CCOCC1. The van der Waals surface area contributed by atoms with E-state index in [2.05, 4.69) is 5.32 Å². The van der Waals surface area contributed by atoms with E-state index in [1.807, 2.05) is 11.4 Å². The van der Waals surface area contributed by atoms with Crippen LogP contribution in [0.1, 0.15) is 10.1 Å². The van der Waals surface area contributed by atoms with E-state index in [0.29, 0.717) is 31.2 Å². The number of benzene rings is 1. The Bertz CT molecular complexity index is 785. The normalized spacial score (nSPS) is 16.4. The maximum absolute atomic E-state index is 13.0. The lowest BCUT2D eigenvalue weighted by molar-refractivity contribution is 0.0532. The summed E-state index contributed by atoms with van der Waals surface area (Å²) >= 11 is 1.38. The lowest BCUT2D eigenvalue weighted by atomic mass is 10.3. The molecule has 1 aliphatic rings. The van der Waals surface area contributed by atoms with Crippen LogP contribution in [-0.2, 0) is 14.6 Å². The number of rotatable bonds is 5. The molecular weight excluding hydrogens is 360 g/mol. The maximum atomic E-state index is 13.0. The van der Waals surface area contributed by atoms with Gasteiger partial charge in [0.25, 0.3) is 0 Å². The highest BCUT2D eigenvalue weighted by Gasteiger charge is 2.31. The summed E-state index contributed by atoms with van der Waals surface area (Å²) in [7, 11) is -3.60. The molecule has 0 bridgehead atoms. The minimum absolute atomic E-state index is 0.0356. The van der Waals surface area contributed by atoms with Crippen LogP contribution < -0.4 is 5.32 Å². The number of urea groups is 1. The summed E-state index contributed by atoms with van der Waals surface area (Å²) in [5.74, 6) is 0. The number of sulfone groups is 1. The van der Waals surface area contributed by atoms with Gasteiger partial charge in [-0.2, -0.15) is 0 Å². The van der Waals surface area contributed by atoms with Gasteiger partial charge in [-0.1, -0.05) is 24.3 Å². The number of hydrogen-bond acceptors (Lipinski definition) is 5. The number of ether oxygens (including phenoxy) is 1. The minimum Gasteiger partial charge on any atom is -0.378 e. The van der Waals surface area contributed by atoms with E-state index in [-0.39, 0.29) is 17.5 Å². The van der Waals surface area contributed by atoms with Gasteiger partial charge in [0.05, 0.1) is 18.1 Å². The maximum Gasteiger partial charge on any atom is 0.317 e. The molecule has 1 saturated heterocycles. The van der Waals surface area contributed by atoms with Gasteiger partial charge in [-0.3, -0.25) is 0 Å². The van der Waals surface area contributed by atoms with Gasteiger partial charge >= 0.3 is 6.03 Å². The molecule has 2 heterocycles. The zero-order valence-electron chi connectivity index (χ0n) is 13.6. The van der Waals surface area contributed by atoms with Crippen molar-refractivity contribution in [2.75, 3.05) is 32.8 Å². The Hall–Kier alpha value is -1.90. The Labute approximate surface area is 151 Å². The Morgan fingerprint density at radius 3 is 2.52 bits per heavy atom. The highest BCUT2D eigenvalue weighted by Crippen LogP contribution is 2.31. The Morgan fingerprint density at radius 1 is 1.16 bits per heavy atom. The van der Waals surface area contributed by atoms with Crippen LogP contribution >= 0.6 is 11.3 Å². The lowest BCUT2D eigenvalue weighted by Gasteiger charge is -2.27. The molecule has 6 nitrogen and oxygen atoms in total. The fourth-order valence-electron chi connectivity index (χ4n) is 2.67. The van der Waals surface area contributed by atoms with Crippen molar-refractivity contribution in [3.8, 4) is 0 Å². The molecular formula is C17H20N2O4S2. The van der Waals surface area contributed by atoms with Gasteiger partial charge in [-0.15, -0.1) is 11.3 Å². The number of thiophene rings is 1. The fraction of sp³-hybridized carbons (Fsp3) is 0.353. The van der Waals surface area contributed by atoms with E-state index >= 15 is 0 Å². The molecule has 1 atom stereocenters.